The number of sulfonamides is 1. The van der Waals surface area contributed by atoms with Crippen molar-refractivity contribution >= 4 is 61.9 Å². The second-order valence-corrected chi connectivity index (χ2v) is 29.5. The van der Waals surface area contributed by atoms with Crippen molar-refractivity contribution < 1.29 is 76.9 Å². The lowest BCUT2D eigenvalue weighted by atomic mass is 9.68. The van der Waals surface area contributed by atoms with Crippen LogP contribution in [0.3, 0.4) is 0 Å². The van der Waals surface area contributed by atoms with Crippen LogP contribution in [0.15, 0.2) is 199 Å². The Hall–Kier alpha value is -9.94. The van der Waals surface area contributed by atoms with E-state index in [4.69, 9.17) is 29.2 Å². The fourth-order valence-corrected chi connectivity index (χ4v) is 14.7. The summed E-state index contributed by atoms with van der Waals surface area (Å²) < 4.78 is 68.7. The van der Waals surface area contributed by atoms with Gasteiger partial charge in [-0.1, -0.05) is 129 Å². The van der Waals surface area contributed by atoms with Crippen LogP contribution < -0.4 is 44.9 Å². The van der Waals surface area contributed by atoms with Crippen LogP contribution in [-0.4, -0.2) is 103 Å². The molecule has 1 saturated heterocycles. The summed E-state index contributed by atoms with van der Waals surface area (Å²) in [4.78, 5) is 54.5. The topological polar surface area (TPSA) is 296 Å². The van der Waals surface area contributed by atoms with E-state index in [0.29, 0.717) is 29.8 Å². The molecule has 8 aromatic carbocycles. The number of carbonyl (C=O) groups is 4. The minimum atomic E-state index is -3.23. The van der Waals surface area contributed by atoms with Crippen LogP contribution in [0.1, 0.15) is 133 Å². The van der Waals surface area contributed by atoms with E-state index >= 15 is 0 Å². The van der Waals surface area contributed by atoms with Gasteiger partial charge in [0.05, 0.1) is 43.3 Å². The number of aliphatic hydroxyl groups excluding tert-OH is 1. The van der Waals surface area contributed by atoms with Crippen LogP contribution >= 0.6 is 0 Å². The number of amides is 3. The van der Waals surface area contributed by atoms with Crippen molar-refractivity contribution in [2.75, 3.05) is 56.4 Å². The molecule has 3 amide bonds. The van der Waals surface area contributed by atoms with Gasteiger partial charge in [-0.25, -0.2) is 17.9 Å². The zero-order chi connectivity index (χ0) is 72.7. The molecule has 14 rings (SSSR count). The Morgan fingerprint density at radius 1 is 0.583 bits per heavy atom. The fraction of sp³-hybridized carbons (Fsp3) is 0.309. The number of aromatic amines is 1. The number of ether oxygens (including phenoxy) is 4. The average molecular weight is 1450 g/mol. The van der Waals surface area contributed by atoms with Crippen molar-refractivity contribution in [1.29, 1.82) is 0 Å². The molecule has 1 unspecified atom stereocenters. The molecule has 5 aliphatic rings. The van der Waals surface area contributed by atoms with Crippen LogP contribution in [0.25, 0.3) is 33.4 Å². The van der Waals surface area contributed by atoms with Crippen molar-refractivity contribution in [3.8, 4) is 56.4 Å². The van der Waals surface area contributed by atoms with E-state index in [1.165, 1.54) is 6.42 Å². The molecule has 20 nitrogen and oxygen atoms in total. The van der Waals surface area contributed by atoms with Gasteiger partial charge in [0.2, 0.25) is 34.5 Å². The first-order valence-corrected chi connectivity index (χ1v) is 37.6. The second kappa shape index (κ2) is 33.5. The monoisotopic (exact) mass is 1450 g/mol. The summed E-state index contributed by atoms with van der Waals surface area (Å²) in [5.74, 6) is 1.89. The fourth-order valence-electron chi connectivity index (χ4n) is 13.9. The van der Waals surface area contributed by atoms with E-state index in [0.717, 1.165) is 174 Å². The Morgan fingerprint density at radius 3 is 1.55 bits per heavy atom. The average Bonchev–Trinajstić information content (AvgIpc) is 1.62. The van der Waals surface area contributed by atoms with Crippen molar-refractivity contribution in [1.82, 2.24) is 15.0 Å². The number of carboxylic acids is 1. The Balaban J connectivity index is 0.000000398. The van der Waals surface area contributed by atoms with E-state index in [2.05, 4.69) is 31.0 Å². The van der Waals surface area contributed by atoms with Crippen LogP contribution in [-0.2, 0) is 58.3 Å². The van der Waals surface area contributed by atoms with Crippen LogP contribution in [0, 0.1) is 6.92 Å². The molecular weight excluding hydrogens is 1350 g/mol. The number of anilines is 3. The third kappa shape index (κ3) is 18.3. The molecule has 2 aliphatic heterocycles. The number of fused-ring (bicyclic) bond motifs is 1. The van der Waals surface area contributed by atoms with Gasteiger partial charge in [-0.3, -0.25) is 18.6 Å². The third-order valence-corrected chi connectivity index (χ3v) is 21.3. The first kappa shape index (κ1) is 74.3. The van der Waals surface area contributed by atoms with Crippen LogP contribution in [0.2, 0.25) is 0 Å². The minimum absolute atomic E-state index is 0. The summed E-state index contributed by atoms with van der Waals surface area (Å²) in [5.41, 5.74) is 10.9. The summed E-state index contributed by atoms with van der Waals surface area (Å²) >= 11 is -2.25. The number of hydrogen-bond donors (Lipinski definition) is 8. The lowest BCUT2D eigenvalue weighted by Gasteiger charge is -2.36. The highest BCUT2D eigenvalue weighted by atomic mass is 32.2. The van der Waals surface area contributed by atoms with Gasteiger partial charge in [-0.05, 0) is 223 Å². The molecule has 22 heteroatoms. The predicted molar refractivity (Wildman–Crippen MR) is 416 cm³/mol. The molecule has 0 bridgehead atoms. The number of H-pyrrole nitrogens is 1. The number of benzene rings is 8. The van der Waals surface area contributed by atoms with Gasteiger partial charge in [-0.2, -0.15) is 0 Å². The lowest BCUT2D eigenvalue weighted by Crippen LogP contribution is -2.42. The number of aromatic carboxylic acids is 1. The summed E-state index contributed by atoms with van der Waals surface area (Å²) in [6, 6.07) is 58.8. The standard InChI is InChI=1S/C27H30N2O4S.C26H27NO4S.C23H20N2O5.C5H11NO.8H2/c1-33-25-14-12-23(13-15-25)27(16-3-4-17-27)26(30)29-24-7-5-6-22(18-24)21-10-8-20(9-11-21)19-28-34(2,31)32;1-31-23-12-10-21(11-13-23)26(16-3-2-4-17-26)25(28)27-22-7-5-6-20(18-22)19-8-14-24(15-9-19)32(29)30;1-13-2-4-16(10-17(13)14-8-18(21(26)27)24-11-14)25-22(28)23(6-7-23)15-3-5-19-20(9-15)30-12-29-19;7-4-5-2-1-3-6-5;;;;;;;;/h5-15,18,28H,3-4,16-17,19H2,1-2H3,(H,29,30);5-15,18H,2-4,16-17H2,1H3,(H,27,28)(H,29,30);2-5,8-11,24H,6-7,12H2,1H3,(H,25,28)(H,26,27);5-7H,1-4H2;8*1H/p-1/t;;;5-;;;;;;;;/m...1......../s1. The van der Waals surface area contributed by atoms with Crippen molar-refractivity contribution in [2.24, 2.45) is 0 Å². The Morgan fingerprint density at radius 2 is 1.09 bits per heavy atom. The van der Waals surface area contributed by atoms with Gasteiger partial charge in [0.15, 0.2) is 11.5 Å². The Bertz CT molecular complexity index is 4620. The van der Waals surface area contributed by atoms with Crippen LogP contribution in [0.5, 0.6) is 23.0 Å². The van der Waals surface area contributed by atoms with E-state index < -0.39 is 43.3 Å². The van der Waals surface area contributed by atoms with E-state index in [-0.39, 0.29) is 53.1 Å². The highest BCUT2D eigenvalue weighted by molar-refractivity contribution is 7.88. The van der Waals surface area contributed by atoms with Crippen molar-refractivity contribution in [3.63, 3.8) is 0 Å². The first-order valence-electron chi connectivity index (χ1n) is 34.6. The zero-order valence-corrected chi connectivity index (χ0v) is 59.8. The minimum Gasteiger partial charge on any atom is -0.768 e. The highest BCUT2D eigenvalue weighted by Gasteiger charge is 2.52. The zero-order valence-electron chi connectivity index (χ0n) is 58.2. The molecule has 3 aliphatic carbocycles. The smallest absolute Gasteiger partial charge is 0.352 e. The highest BCUT2D eigenvalue weighted by Crippen LogP contribution is 2.52. The quantitative estimate of drug-likeness (QED) is 0.0329. The molecule has 2 atom stereocenters. The summed E-state index contributed by atoms with van der Waals surface area (Å²) in [6.45, 7) is 3.80. The Kier molecular flexibility index (Phi) is 24.1. The first-order chi connectivity index (χ1) is 49.7. The maximum Gasteiger partial charge on any atom is 0.352 e. The number of rotatable bonds is 20. The molecule has 554 valence electrons. The van der Waals surface area contributed by atoms with E-state index in [9.17, 15) is 36.4 Å². The number of aliphatic hydroxyl groups is 1. The molecule has 3 saturated carbocycles. The molecule has 3 heterocycles. The number of aromatic nitrogens is 1. The van der Waals surface area contributed by atoms with Crippen molar-refractivity contribution in [2.45, 2.75) is 124 Å². The molecule has 8 N–H and O–H groups in total. The van der Waals surface area contributed by atoms with Gasteiger partial charge in [0.25, 0.3) is 0 Å². The maximum absolute atomic E-state index is 13.6. The van der Waals surface area contributed by atoms with E-state index in [1.807, 2.05) is 165 Å². The molecule has 4 fully saturated rings. The largest absolute Gasteiger partial charge is 0.768 e. The third-order valence-electron chi connectivity index (χ3n) is 20.0. The number of carboxylic acid groups (broad SMARTS) is 1. The van der Waals surface area contributed by atoms with Gasteiger partial charge in [0.1, 0.15) is 17.2 Å². The van der Waals surface area contributed by atoms with Gasteiger partial charge >= 0.3 is 5.97 Å². The number of aryl methyl sites for hydroxylation is 1. The second-order valence-electron chi connectivity index (χ2n) is 26.7. The number of nitrogens with one attached hydrogen (secondary N) is 6. The van der Waals surface area contributed by atoms with Crippen molar-refractivity contribution in [3.05, 3.63) is 228 Å². The normalized spacial score (nSPS) is 16.7. The van der Waals surface area contributed by atoms with Crippen LogP contribution in [0.4, 0.5) is 17.1 Å². The predicted octanol–water partition coefficient (Wildman–Crippen LogP) is 16.1. The summed E-state index contributed by atoms with van der Waals surface area (Å²) in [5, 5.41) is 30.2. The van der Waals surface area contributed by atoms with Gasteiger partial charge in [0, 0.05) is 57.7 Å². The number of hydrogen-bond acceptors (Lipinski definition) is 14. The number of carbonyl (C=O) groups excluding carboxylic acids is 3. The Labute approximate surface area is 615 Å². The molecule has 103 heavy (non-hydrogen) atoms. The molecule has 0 spiro atoms. The van der Waals surface area contributed by atoms with Gasteiger partial charge in [-0.15, -0.1) is 0 Å². The maximum atomic E-state index is 13.6. The van der Waals surface area contributed by atoms with E-state index in [1.54, 1.807) is 50.7 Å². The lowest BCUT2D eigenvalue weighted by molar-refractivity contribution is -0.123. The molecule has 0 radical (unpaired) electrons. The van der Waals surface area contributed by atoms with Gasteiger partial charge < -0.3 is 60.0 Å². The SMILES string of the molecule is COc1ccc(C2(C(=O)Nc3cccc(-c4ccc(CNS(C)(=O)=O)cc4)c3)CCCC2)cc1.COc1ccc(C2(C(=O)Nc3cccc(-c4ccc(S(=O)[O-])cc4)c3)CCCCC2)cc1.Cc1ccc(NC(=O)C2(c3ccc4c(c3)OCO4)CC2)cc1-c1c[nH]c(C(=O)O)c1.OC[C@H]1CCCN1.[HH].[HH].[HH].[HH].[HH].[HH].[HH].[HH]. The number of methoxy groups -OCH3 is 2. The molecule has 9 aromatic rings. The summed E-state index contributed by atoms with van der Waals surface area (Å²) in [6.07, 6.45) is 15.3. The summed E-state index contributed by atoms with van der Waals surface area (Å²) in [7, 11) is 0.0425. The molecular formula is C81H103N6O14S2-. The molecule has 1 aromatic heterocycles.